The molecule has 3 rings (SSSR count). The Morgan fingerprint density at radius 1 is 1.43 bits per heavy atom. The van der Waals surface area contributed by atoms with Gasteiger partial charge in [0.05, 0.1) is 12.5 Å². The van der Waals surface area contributed by atoms with E-state index in [1.165, 1.54) is 0 Å². The number of carbonyl (C=O) groups is 2. The van der Waals surface area contributed by atoms with E-state index < -0.39 is 29.2 Å². The lowest BCUT2D eigenvalue weighted by molar-refractivity contribution is -0.143. The first-order chi connectivity index (χ1) is 13.2. The first kappa shape index (κ1) is 20.0. The van der Waals surface area contributed by atoms with E-state index >= 15 is 0 Å². The number of alkyl carbamates (subject to hydrolysis) is 1. The van der Waals surface area contributed by atoms with Gasteiger partial charge in [-0.25, -0.2) is 9.59 Å². The smallest absolute Gasteiger partial charge is 0.407 e. The zero-order valence-electron chi connectivity index (χ0n) is 16.8. The van der Waals surface area contributed by atoms with Gasteiger partial charge in [-0.1, -0.05) is 12.1 Å². The number of ether oxygens (including phenoxy) is 4. The zero-order chi connectivity index (χ0) is 20.5. The van der Waals surface area contributed by atoms with E-state index in [1.54, 1.807) is 34.0 Å². The number of amides is 1. The summed E-state index contributed by atoms with van der Waals surface area (Å²) in [5, 5.41) is 2.76. The van der Waals surface area contributed by atoms with Crippen LogP contribution < -0.4 is 14.8 Å². The van der Waals surface area contributed by atoms with E-state index in [-0.39, 0.29) is 6.61 Å². The van der Waals surface area contributed by atoms with Crippen LogP contribution >= 0.6 is 0 Å². The molecule has 0 aromatic heterocycles. The molecule has 1 N–H and O–H groups in total. The fourth-order valence-electron chi connectivity index (χ4n) is 3.84. The Morgan fingerprint density at radius 2 is 2.18 bits per heavy atom. The molecule has 2 aliphatic heterocycles. The Balaban J connectivity index is 1.90. The summed E-state index contributed by atoms with van der Waals surface area (Å²) in [6, 6.07) is 3.79. The quantitative estimate of drug-likeness (QED) is 0.595. The van der Waals surface area contributed by atoms with Crippen molar-refractivity contribution in [3.8, 4) is 11.5 Å². The van der Waals surface area contributed by atoms with Crippen molar-refractivity contribution in [3.63, 3.8) is 0 Å². The minimum absolute atomic E-state index is 0.191. The maximum absolute atomic E-state index is 12.4. The molecule has 28 heavy (non-hydrogen) atoms. The number of methoxy groups -OCH3 is 1. The first-order valence-corrected chi connectivity index (χ1v) is 9.33. The maximum Gasteiger partial charge on any atom is 0.407 e. The molecule has 0 spiro atoms. The SMILES string of the molecule is C=CCc1ccc(OC)c2c1[C@]1(CCNC(=O)OC(C)(C)C)COC(=O)[C@@H]1O2. The number of rotatable bonds is 6. The standard InChI is InChI=1S/C21H27NO6/c1-6-7-13-8-9-14(25-5)16-15(13)21(12-26-18(23)17(21)27-16)10-11-22-19(24)28-20(2,3)4/h6,8-9,17H,1,7,10-12H2,2-5H3,(H,22,24)/t17-,21-/m0/s1. The summed E-state index contributed by atoms with van der Waals surface area (Å²) in [5.74, 6) is 0.741. The van der Waals surface area contributed by atoms with Gasteiger partial charge in [0.2, 0.25) is 6.10 Å². The average Bonchev–Trinajstić information content (AvgIpc) is 3.09. The summed E-state index contributed by atoms with van der Waals surface area (Å²) in [7, 11) is 1.56. The number of cyclic esters (lactones) is 1. The van der Waals surface area contributed by atoms with Crippen LogP contribution in [0.1, 0.15) is 38.3 Å². The van der Waals surface area contributed by atoms with E-state index in [4.69, 9.17) is 18.9 Å². The second-order valence-electron chi connectivity index (χ2n) is 8.06. The Morgan fingerprint density at radius 3 is 2.82 bits per heavy atom. The minimum Gasteiger partial charge on any atom is -0.493 e. The summed E-state index contributed by atoms with van der Waals surface area (Å²) >= 11 is 0. The number of fused-ring (bicyclic) bond motifs is 3. The van der Waals surface area contributed by atoms with Crippen molar-refractivity contribution >= 4 is 12.1 Å². The van der Waals surface area contributed by atoms with Crippen LogP contribution in [0.5, 0.6) is 11.5 Å². The summed E-state index contributed by atoms with van der Waals surface area (Å²) in [5.41, 5.74) is 0.636. The van der Waals surface area contributed by atoms with E-state index in [1.807, 2.05) is 12.1 Å². The number of nitrogens with one attached hydrogen (secondary N) is 1. The lowest BCUT2D eigenvalue weighted by Crippen LogP contribution is -2.42. The van der Waals surface area contributed by atoms with Gasteiger partial charge in [-0.3, -0.25) is 0 Å². The first-order valence-electron chi connectivity index (χ1n) is 9.33. The largest absolute Gasteiger partial charge is 0.493 e. The van der Waals surface area contributed by atoms with Gasteiger partial charge in [0.25, 0.3) is 0 Å². The molecule has 2 aliphatic rings. The van der Waals surface area contributed by atoms with Gasteiger partial charge in [0, 0.05) is 12.1 Å². The van der Waals surface area contributed by atoms with Gasteiger partial charge in [-0.15, -0.1) is 6.58 Å². The molecule has 1 saturated heterocycles. The molecule has 2 heterocycles. The fourth-order valence-corrected chi connectivity index (χ4v) is 3.84. The molecule has 152 valence electrons. The third-order valence-electron chi connectivity index (χ3n) is 4.95. The van der Waals surface area contributed by atoms with Gasteiger partial charge in [0.15, 0.2) is 11.5 Å². The van der Waals surface area contributed by atoms with Gasteiger partial charge >= 0.3 is 12.1 Å². The maximum atomic E-state index is 12.4. The Labute approximate surface area is 165 Å². The van der Waals surface area contributed by atoms with E-state index in [0.717, 1.165) is 11.1 Å². The van der Waals surface area contributed by atoms with Crippen molar-refractivity contribution < 1.29 is 28.5 Å². The molecule has 0 unspecified atom stereocenters. The van der Waals surface area contributed by atoms with Crippen molar-refractivity contribution in [3.05, 3.63) is 35.9 Å². The highest BCUT2D eigenvalue weighted by molar-refractivity contribution is 5.83. The minimum atomic E-state index is -0.761. The predicted octanol–water partition coefficient (Wildman–Crippen LogP) is 2.89. The molecule has 0 saturated carbocycles. The molecule has 1 fully saturated rings. The van der Waals surface area contributed by atoms with Crippen LogP contribution in [-0.2, 0) is 26.1 Å². The highest BCUT2D eigenvalue weighted by atomic mass is 16.6. The van der Waals surface area contributed by atoms with Crippen LogP contribution in [-0.4, -0.2) is 44.0 Å². The Hall–Kier alpha value is -2.70. The summed E-state index contributed by atoms with van der Waals surface area (Å²) < 4.78 is 22.1. The monoisotopic (exact) mass is 389 g/mol. The Bertz CT molecular complexity index is 797. The predicted molar refractivity (Wildman–Crippen MR) is 103 cm³/mol. The molecule has 0 aliphatic carbocycles. The number of benzene rings is 1. The van der Waals surface area contributed by atoms with Crippen molar-refractivity contribution in [2.75, 3.05) is 20.3 Å². The molecule has 7 nitrogen and oxygen atoms in total. The lowest BCUT2D eigenvalue weighted by atomic mass is 9.74. The zero-order valence-corrected chi connectivity index (χ0v) is 16.8. The second-order valence-corrected chi connectivity index (χ2v) is 8.06. The Kier molecular flexibility index (Phi) is 5.28. The van der Waals surface area contributed by atoms with E-state index in [9.17, 15) is 9.59 Å². The average molecular weight is 389 g/mol. The second kappa shape index (κ2) is 7.37. The van der Waals surface area contributed by atoms with E-state index in [0.29, 0.717) is 30.9 Å². The highest BCUT2D eigenvalue weighted by Gasteiger charge is 2.60. The van der Waals surface area contributed by atoms with Crippen LogP contribution in [0, 0.1) is 0 Å². The van der Waals surface area contributed by atoms with Gasteiger partial charge < -0.3 is 24.3 Å². The molecular weight excluding hydrogens is 362 g/mol. The summed E-state index contributed by atoms with van der Waals surface area (Å²) in [6.45, 7) is 9.74. The molecule has 1 aromatic carbocycles. The molecule has 2 atom stereocenters. The van der Waals surface area contributed by atoms with Gasteiger partial charge in [-0.2, -0.15) is 0 Å². The third kappa shape index (κ3) is 3.53. The number of hydrogen-bond donors (Lipinski definition) is 1. The van der Waals surface area contributed by atoms with Crippen LogP contribution in [0.2, 0.25) is 0 Å². The van der Waals surface area contributed by atoms with Crippen molar-refractivity contribution in [2.45, 2.75) is 50.7 Å². The van der Waals surface area contributed by atoms with Gasteiger partial charge in [0.1, 0.15) is 12.2 Å². The topological polar surface area (TPSA) is 83.1 Å². The number of hydrogen-bond acceptors (Lipinski definition) is 6. The third-order valence-corrected chi connectivity index (χ3v) is 4.95. The van der Waals surface area contributed by atoms with Gasteiger partial charge in [-0.05, 0) is 45.2 Å². The number of carbonyl (C=O) groups excluding carboxylic acids is 2. The fraction of sp³-hybridized carbons (Fsp3) is 0.524. The molecule has 1 amide bonds. The normalized spacial score (nSPS) is 22.6. The molecule has 0 bridgehead atoms. The lowest BCUT2D eigenvalue weighted by Gasteiger charge is -2.27. The highest BCUT2D eigenvalue weighted by Crippen LogP contribution is 2.54. The van der Waals surface area contributed by atoms with Crippen LogP contribution in [0.25, 0.3) is 0 Å². The van der Waals surface area contributed by atoms with Crippen LogP contribution in [0.3, 0.4) is 0 Å². The van der Waals surface area contributed by atoms with Crippen LogP contribution in [0.15, 0.2) is 24.8 Å². The van der Waals surface area contributed by atoms with Crippen molar-refractivity contribution in [1.82, 2.24) is 5.32 Å². The molecule has 0 radical (unpaired) electrons. The van der Waals surface area contributed by atoms with Crippen LogP contribution in [0.4, 0.5) is 4.79 Å². The summed E-state index contributed by atoms with van der Waals surface area (Å²) in [4.78, 5) is 24.4. The summed E-state index contributed by atoms with van der Waals surface area (Å²) in [6.07, 6.45) is 1.63. The molecule has 7 heteroatoms. The molecular formula is C21H27NO6. The van der Waals surface area contributed by atoms with E-state index in [2.05, 4.69) is 11.9 Å². The number of allylic oxidation sites excluding steroid dienone is 1. The van der Waals surface area contributed by atoms with Crippen molar-refractivity contribution in [1.29, 1.82) is 0 Å². The van der Waals surface area contributed by atoms with Crippen molar-refractivity contribution in [2.24, 2.45) is 0 Å². The molecule has 1 aromatic rings. The number of esters is 1.